The number of carboxylic acids is 1. The van der Waals surface area contributed by atoms with Crippen LogP contribution in [0.2, 0.25) is 0 Å². The van der Waals surface area contributed by atoms with Crippen molar-refractivity contribution < 1.29 is 36.2 Å². The Labute approximate surface area is 229 Å². The smallest absolute Gasteiger partial charge is 0.416 e. The third-order valence-corrected chi connectivity index (χ3v) is 8.72. The summed E-state index contributed by atoms with van der Waals surface area (Å²) in [5, 5.41) is 9.57. The van der Waals surface area contributed by atoms with Crippen molar-refractivity contribution in [1.29, 1.82) is 0 Å². The van der Waals surface area contributed by atoms with Crippen LogP contribution in [0.1, 0.15) is 29.5 Å². The number of carbonyl (C=O) groups is 1. The lowest BCUT2D eigenvalue weighted by Crippen LogP contribution is -2.18. The van der Waals surface area contributed by atoms with Gasteiger partial charge in [-0.25, -0.2) is 17.2 Å². The van der Waals surface area contributed by atoms with Crippen molar-refractivity contribution in [3.63, 3.8) is 0 Å². The van der Waals surface area contributed by atoms with Crippen LogP contribution in [-0.4, -0.2) is 48.1 Å². The van der Waals surface area contributed by atoms with E-state index in [0.717, 1.165) is 43.6 Å². The summed E-state index contributed by atoms with van der Waals surface area (Å²) in [5.74, 6) is -0.870. The number of nitrogens with zero attached hydrogens (tertiary/aromatic N) is 2. The summed E-state index contributed by atoms with van der Waals surface area (Å²) >= 11 is 0. The van der Waals surface area contributed by atoms with Crippen molar-refractivity contribution in [2.75, 3.05) is 19.7 Å². The van der Waals surface area contributed by atoms with Crippen molar-refractivity contribution in [2.24, 2.45) is 0 Å². The van der Waals surface area contributed by atoms with E-state index in [9.17, 15) is 26.4 Å². The molecule has 0 unspecified atom stereocenters. The molecule has 4 aromatic rings. The predicted molar refractivity (Wildman–Crippen MR) is 144 cm³/mol. The fraction of sp³-hybridized carbons (Fsp3) is 0.276. The zero-order chi connectivity index (χ0) is 28.7. The minimum absolute atomic E-state index is 0.0177. The number of alkyl halides is 3. The van der Waals surface area contributed by atoms with Gasteiger partial charge < -0.3 is 9.84 Å². The average molecular weight is 573 g/mol. The number of fused-ring (bicyclic) bond motifs is 1. The highest BCUT2D eigenvalue weighted by molar-refractivity contribution is 7.90. The third kappa shape index (κ3) is 5.57. The zero-order valence-electron chi connectivity index (χ0n) is 21.6. The molecule has 1 fully saturated rings. The van der Waals surface area contributed by atoms with E-state index in [1.807, 2.05) is 6.07 Å². The minimum atomic E-state index is -4.43. The maximum atomic E-state index is 13.8. The van der Waals surface area contributed by atoms with Gasteiger partial charge in [0.25, 0.3) is 10.0 Å². The lowest BCUT2D eigenvalue weighted by atomic mass is 10.0. The number of aliphatic carboxylic acids is 1. The maximum Gasteiger partial charge on any atom is 0.416 e. The number of aryl methyl sites for hydroxylation is 1. The molecule has 11 heteroatoms. The van der Waals surface area contributed by atoms with Crippen molar-refractivity contribution in [1.82, 2.24) is 8.87 Å². The molecule has 5 rings (SSSR count). The van der Waals surface area contributed by atoms with E-state index in [-0.39, 0.29) is 10.6 Å². The van der Waals surface area contributed by atoms with Gasteiger partial charge in [-0.2, -0.15) is 13.2 Å². The summed E-state index contributed by atoms with van der Waals surface area (Å²) < 4.78 is 73.3. The van der Waals surface area contributed by atoms with Crippen LogP contribution < -0.4 is 4.74 Å². The summed E-state index contributed by atoms with van der Waals surface area (Å²) in [4.78, 5) is 13.1. The molecule has 1 aromatic heterocycles. The van der Waals surface area contributed by atoms with Gasteiger partial charge in [-0.1, -0.05) is 18.2 Å². The first-order chi connectivity index (χ1) is 18.9. The van der Waals surface area contributed by atoms with Gasteiger partial charge >= 0.3 is 12.1 Å². The Kier molecular flexibility index (Phi) is 7.36. The lowest BCUT2D eigenvalue weighted by molar-refractivity contribution is -0.139. The maximum absolute atomic E-state index is 13.8. The summed E-state index contributed by atoms with van der Waals surface area (Å²) in [6.45, 7) is 3.43. The quantitative estimate of drug-likeness (QED) is 0.282. The molecule has 0 spiro atoms. The van der Waals surface area contributed by atoms with Gasteiger partial charge in [0.05, 0.1) is 16.0 Å². The van der Waals surface area contributed by atoms with Crippen LogP contribution in [0.5, 0.6) is 5.75 Å². The lowest BCUT2D eigenvalue weighted by Gasteiger charge is -2.13. The SMILES string of the molecule is Cc1cc(S(=O)(=O)n2cc(CN3CCCC3)c3cc(-c4ccc(C(F)(F)F)cc4)ccc32)ccc1OCC(=O)O. The number of carboxylic acid groups (broad SMARTS) is 1. The second kappa shape index (κ2) is 10.6. The number of ether oxygens (including phenoxy) is 1. The Balaban J connectivity index is 1.57. The van der Waals surface area contributed by atoms with E-state index in [1.54, 1.807) is 25.3 Å². The van der Waals surface area contributed by atoms with Crippen LogP contribution in [0.25, 0.3) is 22.0 Å². The largest absolute Gasteiger partial charge is 0.482 e. The van der Waals surface area contributed by atoms with E-state index >= 15 is 0 Å². The molecule has 0 radical (unpaired) electrons. The molecule has 1 saturated heterocycles. The van der Waals surface area contributed by atoms with Gasteiger partial charge in [0, 0.05) is 18.1 Å². The Hall–Kier alpha value is -3.83. The molecule has 1 N–H and O–H groups in total. The van der Waals surface area contributed by atoms with E-state index in [1.165, 1.54) is 34.3 Å². The van der Waals surface area contributed by atoms with Crippen LogP contribution in [0, 0.1) is 6.92 Å². The monoisotopic (exact) mass is 572 g/mol. The first-order valence-corrected chi connectivity index (χ1v) is 14.1. The van der Waals surface area contributed by atoms with Crippen LogP contribution in [0.3, 0.4) is 0 Å². The molecule has 3 aromatic carbocycles. The molecule has 0 bridgehead atoms. The predicted octanol–water partition coefficient (Wildman–Crippen LogP) is 5.93. The molecule has 0 saturated carbocycles. The molecule has 0 amide bonds. The Morgan fingerprint density at radius 1 is 0.975 bits per heavy atom. The molecule has 210 valence electrons. The molecule has 1 aliphatic heterocycles. The minimum Gasteiger partial charge on any atom is -0.482 e. The number of hydrogen-bond donors (Lipinski definition) is 1. The number of aromatic nitrogens is 1. The van der Waals surface area contributed by atoms with E-state index in [2.05, 4.69) is 4.90 Å². The summed E-state index contributed by atoms with van der Waals surface area (Å²) in [7, 11) is -4.05. The Morgan fingerprint density at radius 3 is 2.27 bits per heavy atom. The van der Waals surface area contributed by atoms with Crippen LogP contribution >= 0.6 is 0 Å². The van der Waals surface area contributed by atoms with Crippen molar-refractivity contribution in [3.8, 4) is 16.9 Å². The van der Waals surface area contributed by atoms with Crippen LogP contribution in [0.4, 0.5) is 13.2 Å². The molecule has 7 nitrogen and oxygen atoms in total. The average Bonchev–Trinajstić information content (AvgIpc) is 3.56. The van der Waals surface area contributed by atoms with E-state index in [0.29, 0.717) is 34.1 Å². The number of rotatable bonds is 8. The molecular formula is C29H27F3N2O5S. The number of hydrogen-bond acceptors (Lipinski definition) is 5. The van der Waals surface area contributed by atoms with Gasteiger partial charge in [0.1, 0.15) is 5.75 Å². The van der Waals surface area contributed by atoms with Crippen LogP contribution in [-0.2, 0) is 27.5 Å². The molecular weight excluding hydrogens is 545 g/mol. The highest BCUT2D eigenvalue weighted by Gasteiger charge is 2.30. The Bertz CT molecular complexity index is 1670. The zero-order valence-corrected chi connectivity index (χ0v) is 22.4. The first kappa shape index (κ1) is 27.7. The fourth-order valence-corrected chi connectivity index (χ4v) is 6.48. The molecule has 1 aliphatic rings. The highest BCUT2D eigenvalue weighted by Crippen LogP contribution is 2.34. The van der Waals surface area contributed by atoms with E-state index in [4.69, 9.17) is 9.84 Å². The van der Waals surface area contributed by atoms with E-state index < -0.39 is 34.3 Å². The summed E-state index contributed by atoms with van der Waals surface area (Å²) in [5.41, 5.74) is 2.25. The second-order valence-corrected chi connectivity index (χ2v) is 11.7. The van der Waals surface area contributed by atoms with Gasteiger partial charge in [0.15, 0.2) is 6.61 Å². The number of likely N-dealkylation sites (tertiary alicyclic amines) is 1. The number of halogens is 3. The standard InChI is InChI=1S/C29H27F3N2O5S/c1-19-14-24(9-11-27(19)39-18-28(35)36)40(37,38)34-17-22(16-33-12-2-3-13-33)25-15-21(6-10-26(25)34)20-4-7-23(8-5-20)29(30,31)32/h4-11,14-15,17H,2-3,12-13,16,18H2,1H3,(H,35,36). The Morgan fingerprint density at radius 2 is 1.65 bits per heavy atom. The van der Waals surface area contributed by atoms with Gasteiger partial charge in [-0.15, -0.1) is 0 Å². The van der Waals surface area contributed by atoms with Crippen LogP contribution in [0.15, 0.2) is 71.8 Å². The second-order valence-electron chi connectivity index (χ2n) is 9.86. The molecule has 0 atom stereocenters. The van der Waals surface area contributed by atoms with Gasteiger partial charge in [-0.3, -0.25) is 4.90 Å². The normalized spacial score (nSPS) is 14.6. The van der Waals surface area contributed by atoms with Crippen molar-refractivity contribution in [3.05, 3.63) is 83.6 Å². The summed E-state index contributed by atoms with van der Waals surface area (Å²) in [6.07, 6.45) is -0.707. The highest BCUT2D eigenvalue weighted by atomic mass is 32.2. The topological polar surface area (TPSA) is 88.8 Å². The van der Waals surface area contributed by atoms with Gasteiger partial charge in [-0.05, 0) is 97.6 Å². The first-order valence-electron chi connectivity index (χ1n) is 12.7. The van der Waals surface area contributed by atoms with Crippen molar-refractivity contribution in [2.45, 2.75) is 37.4 Å². The molecule has 2 heterocycles. The summed E-state index contributed by atoms with van der Waals surface area (Å²) in [6, 6.07) is 14.3. The number of benzene rings is 3. The van der Waals surface area contributed by atoms with Gasteiger partial charge in [0.2, 0.25) is 0 Å². The molecule has 0 aliphatic carbocycles. The molecule has 40 heavy (non-hydrogen) atoms. The van der Waals surface area contributed by atoms with Crippen molar-refractivity contribution >= 4 is 26.9 Å². The third-order valence-electron chi connectivity index (χ3n) is 7.05. The fourth-order valence-electron chi connectivity index (χ4n) is 5.00.